The Morgan fingerprint density at radius 1 is 1.45 bits per heavy atom. The van der Waals surface area contributed by atoms with Crippen molar-refractivity contribution >= 4 is 35.2 Å². The van der Waals surface area contributed by atoms with Crippen molar-refractivity contribution in [1.29, 1.82) is 0 Å². The van der Waals surface area contributed by atoms with Gasteiger partial charge in [-0.25, -0.2) is 0 Å². The highest BCUT2D eigenvalue weighted by molar-refractivity contribution is 7.99. The molecule has 1 aliphatic heterocycles. The van der Waals surface area contributed by atoms with Gasteiger partial charge in [-0.3, -0.25) is 14.4 Å². The second kappa shape index (κ2) is 5.54. The van der Waals surface area contributed by atoms with E-state index in [1.807, 2.05) is 0 Å². The number of thioether (sulfide) groups is 1. The van der Waals surface area contributed by atoms with E-state index in [9.17, 15) is 14.4 Å². The molecule has 0 bridgehead atoms. The third-order valence-electron chi connectivity index (χ3n) is 3.04. The first kappa shape index (κ1) is 14.4. The third-order valence-corrected chi connectivity index (χ3v) is 4.19. The monoisotopic (exact) mass is 293 g/mol. The molecule has 0 fully saturated rings. The maximum absolute atomic E-state index is 12.4. The fourth-order valence-corrected chi connectivity index (χ4v) is 3.18. The Kier molecular flexibility index (Phi) is 3.99. The minimum Gasteiger partial charge on any atom is -0.368 e. The van der Waals surface area contributed by atoms with Gasteiger partial charge in [-0.15, -0.1) is 11.8 Å². The number of rotatable bonds is 2. The van der Waals surface area contributed by atoms with Gasteiger partial charge in [-0.1, -0.05) is 0 Å². The molecule has 0 saturated heterocycles. The van der Waals surface area contributed by atoms with Crippen molar-refractivity contribution < 1.29 is 14.4 Å². The van der Waals surface area contributed by atoms with Gasteiger partial charge in [0.15, 0.2) is 0 Å². The number of anilines is 1. The lowest BCUT2D eigenvalue weighted by Crippen LogP contribution is -2.46. The molecule has 6 nitrogen and oxygen atoms in total. The van der Waals surface area contributed by atoms with Crippen LogP contribution in [0.1, 0.15) is 17.3 Å². The van der Waals surface area contributed by atoms with E-state index < -0.39 is 11.9 Å². The number of hydrogen-bond donors (Lipinski definition) is 2. The smallest absolute Gasteiger partial charge is 0.255 e. The molecular weight excluding hydrogens is 278 g/mol. The van der Waals surface area contributed by atoms with Crippen LogP contribution in [-0.4, -0.2) is 41.5 Å². The minimum atomic E-state index is -0.635. The average Bonchev–Trinajstić information content (AvgIpc) is 2.48. The van der Waals surface area contributed by atoms with Crippen LogP contribution in [0.4, 0.5) is 5.69 Å². The Morgan fingerprint density at radius 3 is 2.75 bits per heavy atom. The van der Waals surface area contributed by atoms with Gasteiger partial charge in [-0.2, -0.15) is 0 Å². The van der Waals surface area contributed by atoms with Gasteiger partial charge >= 0.3 is 0 Å². The Bertz CT molecular complexity index is 588. The Balaban J connectivity index is 2.38. The van der Waals surface area contributed by atoms with Gasteiger partial charge in [-0.05, 0) is 18.2 Å². The predicted molar refractivity (Wildman–Crippen MR) is 76.5 cm³/mol. The summed E-state index contributed by atoms with van der Waals surface area (Å²) in [6.07, 6.45) is 0. The molecule has 0 aliphatic carbocycles. The van der Waals surface area contributed by atoms with Crippen LogP contribution in [0, 0.1) is 0 Å². The average molecular weight is 293 g/mol. The molecule has 0 aromatic heterocycles. The fourth-order valence-electron chi connectivity index (χ4n) is 1.99. The number of nitrogens with two attached hydrogens (primary N) is 1. The number of nitrogens with zero attached hydrogens (tertiary/aromatic N) is 1. The van der Waals surface area contributed by atoms with Crippen molar-refractivity contribution in [3.8, 4) is 0 Å². The number of benzene rings is 1. The van der Waals surface area contributed by atoms with Crippen molar-refractivity contribution in [2.45, 2.75) is 17.9 Å². The molecule has 0 saturated carbocycles. The number of primary amides is 1. The zero-order valence-corrected chi connectivity index (χ0v) is 12.0. The summed E-state index contributed by atoms with van der Waals surface area (Å²) in [5.74, 6) is -0.587. The number of likely N-dealkylation sites (N-methyl/N-ethyl adjacent to an activating group) is 1. The minimum absolute atomic E-state index is 0.206. The van der Waals surface area contributed by atoms with E-state index in [4.69, 9.17) is 5.73 Å². The lowest BCUT2D eigenvalue weighted by atomic mass is 10.1. The first-order chi connectivity index (χ1) is 9.40. The van der Waals surface area contributed by atoms with Crippen LogP contribution in [0.15, 0.2) is 23.1 Å². The summed E-state index contributed by atoms with van der Waals surface area (Å²) in [5.41, 5.74) is 6.33. The molecular formula is C13H15N3O3S. The van der Waals surface area contributed by atoms with Gasteiger partial charge in [0.05, 0.1) is 5.56 Å². The first-order valence-electron chi connectivity index (χ1n) is 6.01. The van der Waals surface area contributed by atoms with Crippen LogP contribution in [0.3, 0.4) is 0 Å². The normalized spacial score (nSPS) is 18.2. The van der Waals surface area contributed by atoms with Gasteiger partial charge in [0.2, 0.25) is 11.8 Å². The summed E-state index contributed by atoms with van der Waals surface area (Å²) in [6.45, 7) is 1.40. The standard InChI is InChI=1S/C13H15N3O3S/c1-7(17)15-8-3-4-11-9(5-8)13(19)16(2)10(6-20-11)12(14)18/h3-5,10H,6H2,1-2H3,(H2,14,18)(H,15,17). The molecule has 1 aromatic rings. The summed E-state index contributed by atoms with van der Waals surface area (Å²) >= 11 is 1.41. The molecule has 1 aliphatic rings. The SMILES string of the molecule is CC(=O)Nc1ccc2c(c1)C(=O)N(C)C(C(N)=O)CS2. The number of carbonyl (C=O) groups is 3. The van der Waals surface area contributed by atoms with E-state index >= 15 is 0 Å². The molecule has 0 spiro atoms. The number of fused-ring (bicyclic) bond motifs is 1. The number of hydrogen-bond acceptors (Lipinski definition) is 4. The molecule has 106 valence electrons. The van der Waals surface area contributed by atoms with Crippen LogP contribution < -0.4 is 11.1 Å². The van der Waals surface area contributed by atoms with Gasteiger partial charge < -0.3 is 16.0 Å². The zero-order valence-electron chi connectivity index (χ0n) is 11.2. The van der Waals surface area contributed by atoms with E-state index in [0.29, 0.717) is 17.0 Å². The molecule has 2 rings (SSSR count). The largest absolute Gasteiger partial charge is 0.368 e. The fraction of sp³-hybridized carbons (Fsp3) is 0.308. The molecule has 0 radical (unpaired) electrons. The molecule has 20 heavy (non-hydrogen) atoms. The van der Waals surface area contributed by atoms with Crippen molar-refractivity contribution in [3.05, 3.63) is 23.8 Å². The lowest BCUT2D eigenvalue weighted by Gasteiger charge is -2.22. The van der Waals surface area contributed by atoms with Crippen LogP contribution >= 0.6 is 11.8 Å². The molecule has 1 unspecified atom stereocenters. The molecule has 1 heterocycles. The number of carbonyl (C=O) groups excluding carboxylic acids is 3. The van der Waals surface area contributed by atoms with Crippen molar-refractivity contribution in [2.24, 2.45) is 5.73 Å². The van der Waals surface area contributed by atoms with Crippen LogP contribution in [0.2, 0.25) is 0 Å². The van der Waals surface area contributed by atoms with E-state index in [-0.39, 0.29) is 11.8 Å². The summed E-state index contributed by atoms with van der Waals surface area (Å²) in [6, 6.07) is 4.47. The Labute approximate surface area is 120 Å². The maximum atomic E-state index is 12.4. The molecule has 7 heteroatoms. The van der Waals surface area contributed by atoms with E-state index in [1.165, 1.54) is 23.6 Å². The summed E-state index contributed by atoms with van der Waals surface area (Å²) < 4.78 is 0. The highest BCUT2D eigenvalue weighted by atomic mass is 32.2. The predicted octanol–water partition coefficient (Wildman–Crippen LogP) is 0.677. The topological polar surface area (TPSA) is 92.5 Å². The van der Waals surface area contributed by atoms with Crippen LogP contribution in [-0.2, 0) is 9.59 Å². The maximum Gasteiger partial charge on any atom is 0.255 e. The summed E-state index contributed by atoms with van der Waals surface area (Å²) in [4.78, 5) is 37.0. The molecule has 3 amide bonds. The number of amides is 3. The van der Waals surface area contributed by atoms with Crippen molar-refractivity contribution in [3.63, 3.8) is 0 Å². The first-order valence-corrected chi connectivity index (χ1v) is 6.99. The van der Waals surface area contributed by atoms with Crippen molar-refractivity contribution in [1.82, 2.24) is 4.90 Å². The van der Waals surface area contributed by atoms with Crippen LogP contribution in [0.5, 0.6) is 0 Å². The highest BCUT2D eigenvalue weighted by Crippen LogP contribution is 2.31. The number of nitrogens with one attached hydrogen (secondary N) is 1. The van der Waals surface area contributed by atoms with E-state index in [2.05, 4.69) is 5.32 Å². The zero-order chi connectivity index (χ0) is 14.9. The van der Waals surface area contributed by atoms with E-state index in [0.717, 1.165) is 4.90 Å². The van der Waals surface area contributed by atoms with Crippen LogP contribution in [0.25, 0.3) is 0 Å². The molecule has 1 aromatic carbocycles. The summed E-state index contributed by atoms with van der Waals surface area (Å²) in [5, 5.41) is 2.63. The lowest BCUT2D eigenvalue weighted by molar-refractivity contribution is -0.121. The second-order valence-corrected chi connectivity index (χ2v) is 5.60. The molecule has 3 N–H and O–H groups in total. The quantitative estimate of drug-likeness (QED) is 0.838. The van der Waals surface area contributed by atoms with Gasteiger partial charge in [0.1, 0.15) is 6.04 Å². The summed E-state index contributed by atoms with van der Waals surface area (Å²) in [7, 11) is 1.55. The van der Waals surface area contributed by atoms with Gasteiger partial charge in [0, 0.05) is 30.3 Å². The second-order valence-electron chi connectivity index (χ2n) is 4.54. The van der Waals surface area contributed by atoms with Gasteiger partial charge in [0.25, 0.3) is 5.91 Å². The Hall–Kier alpha value is -2.02. The highest BCUT2D eigenvalue weighted by Gasteiger charge is 2.31. The Morgan fingerprint density at radius 2 is 2.15 bits per heavy atom. The van der Waals surface area contributed by atoms with Crippen molar-refractivity contribution in [2.75, 3.05) is 18.1 Å². The van der Waals surface area contributed by atoms with E-state index in [1.54, 1.807) is 25.2 Å². The third kappa shape index (κ3) is 2.77. The molecule has 1 atom stereocenters.